The molecule has 1 heterocycles. The van der Waals surface area contributed by atoms with E-state index in [-0.39, 0.29) is 6.42 Å². The Hall–Kier alpha value is -2.78. The predicted molar refractivity (Wildman–Crippen MR) is 81.7 cm³/mol. The molecule has 2 aromatic rings. The Balaban J connectivity index is 2.09. The minimum atomic E-state index is -4.53. The van der Waals surface area contributed by atoms with Gasteiger partial charge in [-0.2, -0.15) is 30.7 Å². The van der Waals surface area contributed by atoms with Crippen LogP contribution in [-0.4, -0.2) is 18.2 Å². The van der Waals surface area contributed by atoms with Crippen molar-refractivity contribution in [1.82, 2.24) is 4.98 Å². The molecule has 0 unspecified atom stereocenters. The van der Waals surface area contributed by atoms with Gasteiger partial charge in [-0.15, -0.1) is 0 Å². The van der Waals surface area contributed by atoms with Crippen molar-refractivity contribution in [3.05, 3.63) is 59.4 Å². The first-order chi connectivity index (χ1) is 12.6. The van der Waals surface area contributed by atoms with Crippen LogP contribution in [0.5, 0.6) is 11.5 Å². The van der Waals surface area contributed by atoms with Gasteiger partial charge >= 0.3 is 19.4 Å². The van der Waals surface area contributed by atoms with E-state index in [1.54, 1.807) is 6.08 Å². The Morgan fingerprint density at radius 2 is 1.59 bits per heavy atom. The first-order valence-electron chi connectivity index (χ1n) is 7.37. The fourth-order valence-electron chi connectivity index (χ4n) is 2.05. The summed E-state index contributed by atoms with van der Waals surface area (Å²) in [6.07, 6.45) is -0.247. The maximum atomic E-state index is 12.4. The molecule has 0 saturated heterocycles. The molecule has 0 fully saturated rings. The monoisotopic (exact) mass is 395 g/mol. The van der Waals surface area contributed by atoms with E-state index < -0.39 is 36.6 Å². The van der Waals surface area contributed by atoms with E-state index in [0.717, 1.165) is 24.4 Å². The maximum absolute atomic E-state index is 12.4. The van der Waals surface area contributed by atoms with Crippen molar-refractivity contribution in [2.24, 2.45) is 0 Å². The zero-order valence-electron chi connectivity index (χ0n) is 13.4. The van der Waals surface area contributed by atoms with Crippen molar-refractivity contribution in [3.8, 4) is 11.5 Å². The summed E-state index contributed by atoms with van der Waals surface area (Å²) in [5, 5.41) is 0. The van der Waals surface area contributed by atoms with Crippen molar-refractivity contribution in [1.29, 1.82) is 0 Å². The second-order valence-corrected chi connectivity index (χ2v) is 5.12. The van der Waals surface area contributed by atoms with Gasteiger partial charge < -0.3 is 9.47 Å². The molecule has 0 atom stereocenters. The molecule has 0 radical (unpaired) electrons. The summed E-state index contributed by atoms with van der Waals surface area (Å²) in [7, 11) is 0. The lowest BCUT2D eigenvalue weighted by Gasteiger charge is -2.12. The van der Waals surface area contributed by atoms with Gasteiger partial charge in [-0.05, 0) is 35.7 Å². The molecular weight excluding hydrogens is 383 g/mol. The quantitative estimate of drug-likeness (QED) is 0.576. The van der Waals surface area contributed by atoms with Gasteiger partial charge in [-0.3, -0.25) is 4.98 Å². The fourth-order valence-corrected chi connectivity index (χ4v) is 2.05. The van der Waals surface area contributed by atoms with Crippen molar-refractivity contribution in [2.45, 2.75) is 25.8 Å². The van der Waals surface area contributed by atoms with Crippen LogP contribution in [0.1, 0.15) is 16.8 Å². The number of ether oxygens (including phenoxy) is 2. The van der Waals surface area contributed by atoms with Gasteiger partial charge in [-0.25, -0.2) is 0 Å². The summed E-state index contributed by atoms with van der Waals surface area (Å²) in [6, 6.07) is 5.55. The van der Waals surface area contributed by atoms with Crippen LogP contribution < -0.4 is 9.47 Å². The molecule has 0 aliphatic rings. The van der Waals surface area contributed by atoms with Crippen LogP contribution in [0.25, 0.3) is 6.08 Å². The van der Waals surface area contributed by atoms with Gasteiger partial charge in [0.2, 0.25) is 0 Å². The topological polar surface area (TPSA) is 31.4 Å². The first kappa shape index (κ1) is 20.5. The molecule has 27 heavy (non-hydrogen) atoms. The number of nitrogens with zero attached hydrogens (tertiary/aromatic N) is 1. The lowest BCUT2D eigenvalue weighted by molar-refractivity contribution is -0.141. The number of rotatable bonds is 7. The normalized spacial score (nSPS) is 12.2. The molecule has 2 rings (SSSR count). The maximum Gasteiger partial charge on any atom is 0.433 e. The van der Waals surface area contributed by atoms with E-state index in [0.29, 0.717) is 11.1 Å². The Morgan fingerprint density at radius 3 is 2.15 bits per heavy atom. The largest absolute Gasteiger partial charge is 0.433 e. The molecule has 3 nitrogen and oxygen atoms in total. The SMILES string of the molecule is FC(F)Oc1ccc(/C=C/Cc2ccc(C(F)(F)F)nc2)cc1OC(F)F. The molecule has 0 spiro atoms. The Morgan fingerprint density at radius 1 is 0.926 bits per heavy atom. The van der Waals surface area contributed by atoms with E-state index in [4.69, 9.17) is 0 Å². The molecule has 1 aromatic heterocycles. The van der Waals surface area contributed by atoms with Crippen molar-refractivity contribution in [3.63, 3.8) is 0 Å². The third-order valence-corrected chi connectivity index (χ3v) is 3.18. The van der Waals surface area contributed by atoms with Crippen LogP contribution in [0.15, 0.2) is 42.6 Å². The lowest BCUT2D eigenvalue weighted by atomic mass is 10.1. The molecule has 0 saturated carbocycles. The number of benzene rings is 1. The number of hydrogen-bond donors (Lipinski definition) is 0. The van der Waals surface area contributed by atoms with Crippen LogP contribution in [-0.2, 0) is 12.6 Å². The highest BCUT2D eigenvalue weighted by atomic mass is 19.4. The molecule has 1 aromatic carbocycles. The summed E-state index contributed by atoms with van der Waals surface area (Å²) in [4.78, 5) is 3.31. The second-order valence-electron chi connectivity index (χ2n) is 5.12. The van der Waals surface area contributed by atoms with Gasteiger partial charge in [0.1, 0.15) is 5.69 Å². The van der Waals surface area contributed by atoms with E-state index in [9.17, 15) is 30.7 Å². The molecule has 146 valence electrons. The molecular formula is C17H12F7NO2. The Bertz CT molecular complexity index is 774. The van der Waals surface area contributed by atoms with Crippen LogP contribution in [0.2, 0.25) is 0 Å². The smallest absolute Gasteiger partial charge is 0.431 e. The number of pyridine rings is 1. The summed E-state index contributed by atoms with van der Waals surface area (Å²) in [5.74, 6) is -1.11. The van der Waals surface area contributed by atoms with Gasteiger partial charge in [0.25, 0.3) is 0 Å². The first-order valence-corrected chi connectivity index (χ1v) is 7.37. The third kappa shape index (κ3) is 6.46. The average molecular weight is 395 g/mol. The second kappa shape index (κ2) is 8.74. The molecule has 0 aliphatic carbocycles. The summed E-state index contributed by atoms with van der Waals surface area (Å²) in [6.45, 7) is -6.44. The van der Waals surface area contributed by atoms with Gasteiger partial charge in [0.05, 0.1) is 0 Å². The standard InChI is InChI=1S/C17H12F7NO2/c18-15(19)26-12-6-4-10(8-13(12)27-16(20)21)2-1-3-11-5-7-14(25-9-11)17(22,23)24/h1-2,4-9,15-16H,3H2/b2-1+. The molecule has 0 N–H and O–H groups in total. The number of hydrogen-bond acceptors (Lipinski definition) is 3. The van der Waals surface area contributed by atoms with Crippen molar-refractivity contribution in [2.75, 3.05) is 0 Å². The fraction of sp³-hybridized carbons (Fsp3) is 0.235. The number of halogens is 7. The number of allylic oxidation sites excluding steroid dienone is 1. The van der Waals surface area contributed by atoms with Crippen LogP contribution in [0, 0.1) is 0 Å². The van der Waals surface area contributed by atoms with Gasteiger partial charge in [0, 0.05) is 6.20 Å². The number of alkyl halides is 7. The summed E-state index contributed by atoms with van der Waals surface area (Å²) in [5.41, 5.74) is -0.188. The van der Waals surface area contributed by atoms with E-state index >= 15 is 0 Å². The highest BCUT2D eigenvalue weighted by molar-refractivity contribution is 5.56. The Kier molecular flexibility index (Phi) is 6.65. The molecule has 10 heteroatoms. The van der Waals surface area contributed by atoms with Crippen LogP contribution >= 0.6 is 0 Å². The molecule has 0 amide bonds. The van der Waals surface area contributed by atoms with Crippen molar-refractivity contribution < 1.29 is 40.2 Å². The summed E-state index contributed by atoms with van der Waals surface area (Å²) < 4.78 is 94.9. The summed E-state index contributed by atoms with van der Waals surface area (Å²) >= 11 is 0. The van der Waals surface area contributed by atoms with E-state index in [1.165, 1.54) is 18.2 Å². The molecule has 0 bridgehead atoms. The van der Waals surface area contributed by atoms with E-state index in [1.807, 2.05) is 0 Å². The predicted octanol–water partition coefficient (Wildman–Crippen LogP) is 5.56. The number of aromatic nitrogens is 1. The Labute approximate surface area is 149 Å². The average Bonchev–Trinajstić information content (AvgIpc) is 2.56. The third-order valence-electron chi connectivity index (χ3n) is 3.18. The zero-order chi connectivity index (χ0) is 20.0. The van der Waals surface area contributed by atoms with Gasteiger partial charge in [-0.1, -0.05) is 24.3 Å². The minimum absolute atomic E-state index is 0.214. The van der Waals surface area contributed by atoms with Crippen LogP contribution in [0.3, 0.4) is 0 Å². The highest BCUT2D eigenvalue weighted by Crippen LogP contribution is 2.31. The highest BCUT2D eigenvalue weighted by Gasteiger charge is 2.31. The van der Waals surface area contributed by atoms with E-state index in [2.05, 4.69) is 14.5 Å². The van der Waals surface area contributed by atoms with Gasteiger partial charge in [0.15, 0.2) is 11.5 Å². The minimum Gasteiger partial charge on any atom is -0.431 e. The van der Waals surface area contributed by atoms with Crippen molar-refractivity contribution >= 4 is 6.08 Å². The lowest BCUT2D eigenvalue weighted by Crippen LogP contribution is -2.07. The molecule has 0 aliphatic heterocycles. The zero-order valence-corrected chi connectivity index (χ0v) is 13.4. The van der Waals surface area contributed by atoms with Crippen LogP contribution in [0.4, 0.5) is 30.7 Å².